The fraction of sp³-hybridized carbons (Fsp3) is 0.833. The second-order valence-electron chi connectivity index (χ2n) is 4.30. The molecule has 6 heteroatoms. The highest BCUT2D eigenvalue weighted by atomic mass is 16.7. The van der Waals surface area contributed by atoms with Gasteiger partial charge in [-0.05, 0) is 13.3 Å². The minimum Gasteiger partial charge on any atom is -0.469 e. The molecule has 0 N–H and O–H groups in total. The first kappa shape index (κ1) is 14.9. The Labute approximate surface area is 107 Å². The van der Waals surface area contributed by atoms with Gasteiger partial charge in [-0.3, -0.25) is 9.59 Å². The number of hydrogen-bond acceptors (Lipinski definition) is 6. The number of carbonyl (C=O) groups excluding carboxylic acids is 2. The van der Waals surface area contributed by atoms with Crippen LogP contribution in [0.15, 0.2) is 0 Å². The van der Waals surface area contributed by atoms with Crippen molar-refractivity contribution in [3.05, 3.63) is 0 Å². The largest absolute Gasteiger partial charge is 0.469 e. The molecule has 104 valence electrons. The summed E-state index contributed by atoms with van der Waals surface area (Å²) in [5.74, 6) is -1.44. The Morgan fingerprint density at radius 1 is 1.33 bits per heavy atom. The fourth-order valence-electron chi connectivity index (χ4n) is 1.52. The number of rotatable bonds is 6. The highest BCUT2D eigenvalue weighted by Gasteiger charge is 2.36. The van der Waals surface area contributed by atoms with Crippen LogP contribution in [-0.4, -0.2) is 44.2 Å². The van der Waals surface area contributed by atoms with Gasteiger partial charge in [-0.15, -0.1) is 0 Å². The van der Waals surface area contributed by atoms with Crippen molar-refractivity contribution < 1.29 is 28.5 Å². The zero-order chi connectivity index (χ0) is 13.6. The highest BCUT2D eigenvalue weighted by Crippen LogP contribution is 2.26. The molecule has 2 atom stereocenters. The Morgan fingerprint density at radius 2 is 2.00 bits per heavy atom. The quantitative estimate of drug-likeness (QED) is 0.664. The van der Waals surface area contributed by atoms with Crippen LogP contribution in [0.1, 0.15) is 33.1 Å². The lowest BCUT2D eigenvalue weighted by molar-refractivity contribution is -0.167. The Balaban J connectivity index is 2.18. The van der Waals surface area contributed by atoms with Gasteiger partial charge in [0.2, 0.25) is 0 Å². The zero-order valence-electron chi connectivity index (χ0n) is 11.1. The minimum absolute atomic E-state index is 0.0191. The van der Waals surface area contributed by atoms with E-state index in [1.165, 1.54) is 7.11 Å². The summed E-state index contributed by atoms with van der Waals surface area (Å²) in [7, 11) is 1.28. The van der Waals surface area contributed by atoms with Crippen molar-refractivity contribution in [2.24, 2.45) is 0 Å². The Kier molecular flexibility index (Phi) is 5.55. The van der Waals surface area contributed by atoms with E-state index in [1.807, 2.05) is 13.8 Å². The second kappa shape index (κ2) is 6.70. The third-order valence-corrected chi connectivity index (χ3v) is 2.82. The number of esters is 2. The third-order valence-electron chi connectivity index (χ3n) is 2.82. The summed E-state index contributed by atoms with van der Waals surface area (Å²) in [6.07, 6.45) is 0.548. The van der Waals surface area contributed by atoms with Gasteiger partial charge in [0.1, 0.15) is 12.7 Å². The SMILES string of the molecule is CCC1(C)OCC(COC(=O)CCC(=O)OC)O1. The van der Waals surface area contributed by atoms with Crippen LogP contribution in [0.4, 0.5) is 0 Å². The molecule has 1 rings (SSSR count). The number of methoxy groups -OCH3 is 1. The summed E-state index contributed by atoms with van der Waals surface area (Å²) in [6, 6.07) is 0. The predicted molar refractivity (Wildman–Crippen MR) is 61.7 cm³/mol. The first-order valence-corrected chi connectivity index (χ1v) is 6.03. The molecule has 0 spiro atoms. The van der Waals surface area contributed by atoms with Gasteiger partial charge in [0.25, 0.3) is 0 Å². The molecule has 1 aliphatic heterocycles. The van der Waals surface area contributed by atoms with E-state index >= 15 is 0 Å². The van der Waals surface area contributed by atoms with E-state index in [9.17, 15) is 9.59 Å². The van der Waals surface area contributed by atoms with Gasteiger partial charge in [-0.1, -0.05) is 6.92 Å². The van der Waals surface area contributed by atoms with Crippen LogP contribution in [0.3, 0.4) is 0 Å². The Morgan fingerprint density at radius 3 is 2.56 bits per heavy atom. The first-order valence-electron chi connectivity index (χ1n) is 6.03. The van der Waals surface area contributed by atoms with Gasteiger partial charge in [-0.25, -0.2) is 0 Å². The lowest BCUT2D eigenvalue weighted by Crippen LogP contribution is -2.27. The normalized spacial score (nSPS) is 26.9. The smallest absolute Gasteiger partial charge is 0.306 e. The minimum atomic E-state index is -0.580. The first-order chi connectivity index (χ1) is 8.49. The van der Waals surface area contributed by atoms with E-state index in [4.69, 9.17) is 14.2 Å². The number of hydrogen-bond donors (Lipinski definition) is 0. The molecule has 6 nitrogen and oxygen atoms in total. The van der Waals surface area contributed by atoms with Crippen molar-refractivity contribution in [3.8, 4) is 0 Å². The van der Waals surface area contributed by atoms with Crippen LogP contribution in [0.5, 0.6) is 0 Å². The Bertz CT molecular complexity index is 303. The molecule has 1 heterocycles. The van der Waals surface area contributed by atoms with Gasteiger partial charge in [0.15, 0.2) is 5.79 Å². The summed E-state index contributed by atoms with van der Waals surface area (Å²) >= 11 is 0. The molecule has 0 bridgehead atoms. The van der Waals surface area contributed by atoms with Crippen molar-refractivity contribution in [3.63, 3.8) is 0 Å². The maximum absolute atomic E-state index is 11.3. The molecule has 2 unspecified atom stereocenters. The second-order valence-corrected chi connectivity index (χ2v) is 4.30. The van der Waals surface area contributed by atoms with Crippen LogP contribution in [-0.2, 0) is 28.5 Å². The molecule has 1 aliphatic rings. The van der Waals surface area contributed by atoms with E-state index in [0.717, 1.165) is 6.42 Å². The topological polar surface area (TPSA) is 71.1 Å². The summed E-state index contributed by atoms with van der Waals surface area (Å²) in [6.45, 7) is 4.38. The van der Waals surface area contributed by atoms with Gasteiger partial charge < -0.3 is 18.9 Å². The third kappa shape index (κ3) is 4.62. The molecule has 1 fully saturated rings. The molecule has 0 aliphatic carbocycles. The molecule has 0 saturated carbocycles. The molecule has 1 saturated heterocycles. The van der Waals surface area contributed by atoms with Crippen molar-refractivity contribution >= 4 is 11.9 Å². The van der Waals surface area contributed by atoms with Gasteiger partial charge in [0, 0.05) is 0 Å². The van der Waals surface area contributed by atoms with Crippen molar-refractivity contribution in [2.75, 3.05) is 20.3 Å². The van der Waals surface area contributed by atoms with Crippen LogP contribution in [0, 0.1) is 0 Å². The fourth-order valence-corrected chi connectivity index (χ4v) is 1.52. The van der Waals surface area contributed by atoms with Crippen molar-refractivity contribution in [1.82, 2.24) is 0 Å². The molecule has 0 radical (unpaired) electrons. The van der Waals surface area contributed by atoms with Crippen LogP contribution in [0.2, 0.25) is 0 Å². The van der Waals surface area contributed by atoms with Gasteiger partial charge in [-0.2, -0.15) is 0 Å². The highest BCUT2D eigenvalue weighted by molar-refractivity contribution is 5.77. The van der Waals surface area contributed by atoms with Crippen LogP contribution in [0.25, 0.3) is 0 Å². The van der Waals surface area contributed by atoms with Gasteiger partial charge in [0.05, 0.1) is 26.6 Å². The predicted octanol–water partition coefficient (Wildman–Crippen LogP) is 1.02. The average molecular weight is 260 g/mol. The Hall–Kier alpha value is -1.14. The summed E-state index contributed by atoms with van der Waals surface area (Å²) in [5, 5.41) is 0. The monoisotopic (exact) mass is 260 g/mol. The van der Waals surface area contributed by atoms with Crippen molar-refractivity contribution in [2.45, 2.75) is 45.0 Å². The average Bonchev–Trinajstić information content (AvgIpc) is 2.76. The molecular weight excluding hydrogens is 240 g/mol. The standard InChI is InChI=1S/C12H20O6/c1-4-12(2)17-8-9(18-12)7-16-11(14)6-5-10(13)15-3/h9H,4-8H2,1-3H3. The molecular formula is C12H20O6. The van der Waals surface area contributed by atoms with E-state index in [1.54, 1.807) is 0 Å². The molecule has 18 heavy (non-hydrogen) atoms. The molecule has 0 aromatic heterocycles. The van der Waals surface area contributed by atoms with Crippen molar-refractivity contribution in [1.29, 1.82) is 0 Å². The van der Waals surface area contributed by atoms with E-state index < -0.39 is 17.7 Å². The summed E-state index contributed by atoms with van der Waals surface area (Å²) in [4.78, 5) is 22.2. The maximum Gasteiger partial charge on any atom is 0.306 e. The summed E-state index contributed by atoms with van der Waals surface area (Å²) < 4.78 is 20.5. The molecule has 0 aromatic carbocycles. The van der Waals surface area contributed by atoms with Crippen LogP contribution < -0.4 is 0 Å². The van der Waals surface area contributed by atoms with Crippen LogP contribution >= 0.6 is 0 Å². The molecule has 0 amide bonds. The lowest BCUT2D eigenvalue weighted by atomic mass is 10.2. The van der Waals surface area contributed by atoms with Gasteiger partial charge >= 0.3 is 11.9 Å². The number of carbonyl (C=O) groups is 2. The molecule has 0 aromatic rings. The lowest BCUT2D eigenvalue weighted by Gasteiger charge is -2.20. The summed E-state index contributed by atoms with van der Waals surface area (Å²) in [5.41, 5.74) is 0. The zero-order valence-corrected chi connectivity index (χ0v) is 11.1. The van der Waals surface area contributed by atoms with E-state index in [-0.39, 0.29) is 25.6 Å². The van der Waals surface area contributed by atoms with E-state index in [0.29, 0.717) is 6.61 Å². The maximum atomic E-state index is 11.3. The number of ether oxygens (including phenoxy) is 4. The van der Waals surface area contributed by atoms with E-state index in [2.05, 4.69) is 4.74 Å².